The van der Waals surface area contributed by atoms with E-state index in [1.54, 1.807) is 6.92 Å². The molecule has 0 aliphatic heterocycles. The summed E-state index contributed by atoms with van der Waals surface area (Å²) >= 11 is 0. The van der Waals surface area contributed by atoms with Gasteiger partial charge in [-0.1, -0.05) is 67.4 Å². The second kappa shape index (κ2) is 12.7. The van der Waals surface area contributed by atoms with Crippen LogP contribution in [0, 0.1) is 23.7 Å². The zero-order valence-corrected chi connectivity index (χ0v) is 19.2. The molecule has 29 heavy (non-hydrogen) atoms. The molecule has 3 unspecified atom stereocenters. The molecule has 3 heteroatoms. The van der Waals surface area contributed by atoms with Gasteiger partial charge in [-0.2, -0.15) is 0 Å². The largest absolute Gasteiger partial charge is 0.207 e. The first-order valence-electron chi connectivity index (χ1n) is 10.4. The molecule has 3 atom stereocenters. The van der Waals surface area contributed by atoms with Gasteiger partial charge in [0, 0.05) is 0 Å². The second-order valence-corrected chi connectivity index (χ2v) is 8.78. The minimum atomic E-state index is -0.904. The van der Waals surface area contributed by atoms with Gasteiger partial charge >= 0.3 is 0 Å². The smallest absolute Gasteiger partial charge is 0.161 e. The Labute approximate surface area is 176 Å². The highest BCUT2D eigenvalue weighted by Gasteiger charge is 2.21. The molecule has 0 aliphatic rings. The van der Waals surface area contributed by atoms with Crippen molar-refractivity contribution < 1.29 is 13.2 Å². The lowest BCUT2D eigenvalue weighted by molar-refractivity contribution is 0.456. The molecule has 164 valence electrons. The van der Waals surface area contributed by atoms with Gasteiger partial charge in [0.25, 0.3) is 0 Å². The van der Waals surface area contributed by atoms with Crippen molar-refractivity contribution in [2.24, 2.45) is 23.7 Å². The predicted molar refractivity (Wildman–Crippen MR) is 121 cm³/mol. The van der Waals surface area contributed by atoms with Gasteiger partial charge in [0.05, 0.1) is 0 Å². The van der Waals surface area contributed by atoms with Crippen LogP contribution in [0.3, 0.4) is 0 Å². The summed E-state index contributed by atoms with van der Waals surface area (Å²) in [6.07, 6.45) is 4.36. The van der Waals surface area contributed by atoms with Crippen LogP contribution in [0.4, 0.5) is 13.2 Å². The number of allylic oxidation sites excluding steroid dienone is 8. The molecule has 0 bridgehead atoms. The molecule has 0 spiro atoms. The van der Waals surface area contributed by atoms with Crippen molar-refractivity contribution in [1.29, 1.82) is 0 Å². The zero-order chi connectivity index (χ0) is 22.9. The number of hydrogen-bond acceptors (Lipinski definition) is 0. The van der Waals surface area contributed by atoms with Gasteiger partial charge in [-0.3, -0.25) is 0 Å². The Bertz CT molecular complexity index is 676. The highest BCUT2D eigenvalue weighted by Crippen LogP contribution is 2.34. The summed E-state index contributed by atoms with van der Waals surface area (Å²) in [6.45, 7) is 26.4. The summed E-state index contributed by atoms with van der Waals surface area (Å²) in [5.41, 5.74) is 1.34. The normalized spacial score (nSPS) is 16.1. The first-order valence-corrected chi connectivity index (χ1v) is 10.4. The van der Waals surface area contributed by atoms with E-state index in [1.807, 2.05) is 20.8 Å². The average molecular weight is 409 g/mol. The summed E-state index contributed by atoms with van der Waals surface area (Å²) in [4.78, 5) is 0. The van der Waals surface area contributed by atoms with Gasteiger partial charge in [0.2, 0.25) is 0 Å². The second-order valence-electron chi connectivity index (χ2n) is 8.78. The van der Waals surface area contributed by atoms with Gasteiger partial charge in [0.15, 0.2) is 11.7 Å². The maximum absolute atomic E-state index is 14.7. The summed E-state index contributed by atoms with van der Waals surface area (Å²) in [5, 5.41) is 0. The molecule has 0 rings (SSSR count). The van der Waals surface area contributed by atoms with Crippen LogP contribution < -0.4 is 0 Å². The molecule has 0 N–H and O–H groups in total. The van der Waals surface area contributed by atoms with Crippen LogP contribution in [0.15, 0.2) is 72.2 Å². The van der Waals surface area contributed by atoms with Gasteiger partial charge in [-0.15, -0.1) is 0 Å². The predicted octanol–water partition coefficient (Wildman–Crippen LogP) is 9.36. The zero-order valence-electron chi connectivity index (χ0n) is 19.2. The first-order chi connectivity index (χ1) is 13.3. The van der Waals surface area contributed by atoms with Crippen molar-refractivity contribution >= 4 is 0 Å². The maximum atomic E-state index is 14.7. The lowest BCUT2D eigenvalue weighted by atomic mass is 9.87. The van der Waals surface area contributed by atoms with Crippen molar-refractivity contribution in [1.82, 2.24) is 0 Å². The third kappa shape index (κ3) is 9.51. The van der Waals surface area contributed by atoms with Crippen molar-refractivity contribution in [3.8, 4) is 0 Å². The third-order valence-electron chi connectivity index (χ3n) is 5.51. The molecular weight excluding hydrogens is 369 g/mol. The first kappa shape index (κ1) is 27.2. The van der Waals surface area contributed by atoms with E-state index in [0.717, 1.165) is 12.8 Å². The molecule has 0 amide bonds. The Morgan fingerprint density at radius 1 is 0.690 bits per heavy atom. The van der Waals surface area contributed by atoms with E-state index in [2.05, 4.69) is 40.2 Å². The van der Waals surface area contributed by atoms with Crippen molar-refractivity contribution in [3.05, 3.63) is 72.2 Å². The summed E-state index contributed by atoms with van der Waals surface area (Å²) in [7, 11) is 0. The van der Waals surface area contributed by atoms with Crippen LogP contribution in [-0.2, 0) is 0 Å². The highest BCUT2D eigenvalue weighted by atomic mass is 19.2. The maximum Gasteiger partial charge on any atom is 0.161 e. The van der Waals surface area contributed by atoms with Crippen LogP contribution in [0.2, 0.25) is 0 Å². The SMILES string of the molecule is C=C(C)/C(F)=C\C(=C)C(C)CCC(C)C(=C)/C(F)=C(/F)C(=C)C(C)CCC(C)C. The van der Waals surface area contributed by atoms with E-state index in [0.29, 0.717) is 29.9 Å². The van der Waals surface area contributed by atoms with Gasteiger partial charge < -0.3 is 0 Å². The minimum Gasteiger partial charge on any atom is -0.207 e. The van der Waals surface area contributed by atoms with E-state index < -0.39 is 11.7 Å². The van der Waals surface area contributed by atoms with Gasteiger partial charge in [-0.25, -0.2) is 13.2 Å². The quantitative estimate of drug-likeness (QED) is 0.266. The summed E-state index contributed by atoms with van der Waals surface area (Å²) in [6, 6.07) is 0. The van der Waals surface area contributed by atoms with E-state index in [9.17, 15) is 13.2 Å². The van der Waals surface area contributed by atoms with E-state index >= 15 is 0 Å². The monoisotopic (exact) mass is 408 g/mol. The number of halogens is 3. The Hall–Kier alpha value is -1.77. The molecule has 0 aromatic carbocycles. The highest BCUT2D eigenvalue weighted by molar-refractivity contribution is 5.37. The molecule has 0 fully saturated rings. The summed E-state index contributed by atoms with van der Waals surface area (Å²) in [5.74, 6) is -2.03. The molecule has 0 heterocycles. The van der Waals surface area contributed by atoms with Crippen LogP contribution in [-0.4, -0.2) is 0 Å². The Morgan fingerprint density at radius 2 is 1.07 bits per heavy atom. The molecule has 0 saturated heterocycles. The molecule has 0 radical (unpaired) electrons. The molecule has 0 aromatic heterocycles. The topological polar surface area (TPSA) is 0 Å². The molecular formula is C26H39F3. The van der Waals surface area contributed by atoms with Crippen LogP contribution in [0.1, 0.15) is 67.2 Å². The van der Waals surface area contributed by atoms with Crippen LogP contribution in [0.5, 0.6) is 0 Å². The molecule has 0 nitrogen and oxygen atoms in total. The van der Waals surface area contributed by atoms with Crippen LogP contribution in [0.25, 0.3) is 0 Å². The van der Waals surface area contributed by atoms with Gasteiger partial charge in [0.1, 0.15) is 5.83 Å². The average Bonchev–Trinajstić information content (AvgIpc) is 2.66. The summed E-state index contributed by atoms with van der Waals surface area (Å²) < 4.78 is 42.9. The Morgan fingerprint density at radius 3 is 1.45 bits per heavy atom. The molecule has 0 saturated carbocycles. The van der Waals surface area contributed by atoms with Crippen molar-refractivity contribution in [3.63, 3.8) is 0 Å². The van der Waals surface area contributed by atoms with E-state index in [4.69, 9.17) is 0 Å². The Kier molecular flexibility index (Phi) is 11.9. The standard InChI is InChI=1S/C26H39F3/c1-16(2)11-12-19(6)22(9)25(28)26(29)23(10)20(7)14-13-18(5)21(8)15-24(27)17(3)4/h15-16,18-20H,3,8-14H2,1-2,4-7H3/b24-15+,26-25-. The number of hydrogen-bond donors (Lipinski definition) is 0. The van der Waals surface area contributed by atoms with Gasteiger partial charge in [-0.05, 0) is 78.2 Å². The molecule has 0 aliphatic carbocycles. The Balaban J connectivity index is 4.94. The fourth-order valence-electron chi connectivity index (χ4n) is 2.76. The third-order valence-corrected chi connectivity index (χ3v) is 5.51. The lowest BCUT2D eigenvalue weighted by Gasteiger charge is -2.19. The van der Waals surface area contributed by atoms with Crippen molar-refractivity contribution in [2.75, 3.05) is 0 Å². The van der Waals surface area contributed by atoms with E-state index in [-0.39, 0.29) is 34.7 Å². The van der Waals surface area contributed by atoms with Crippen LogP contribution >= 0.6 is 0 Å². The fraction of sp³-hybridized carbons (Fsp3) is 0.538. The number of rotatable bonds is 13. The lowest BCUT2D eigenvalue weighted by Crippen LogP contribution is -2.07. The van der Waals surface area contributed by atoms with Crippen molar-refractivity contribution in [2.45, 2.75) is 67.2 Å². The minimum absolute atomic E-state index is 0.0123. The van der Waals surface area contributed by atoms with E-state index in [1.165, 1.54) is 6.08 Å². The molecule has 0 aromatic rings. The fourth-order valence-corrected chi connectivity index (χ4v) is 2.76.